The summed E-state index contributed by atoms with van der Waals surface area (Å²) in [5, 5.41) is 2.76. The number of nitrogens with one attached hydrogen (secondary N) is 1. The smallest absolute Gasteiger partial charge is 0.288 e. The third-order valence-electron chi connectivity index (χ3n) is 3.30. The number of carbonyl (C=O) groups is 1. The molecule has 118 valence electrons. The molecule has 0 unspecified atom stereocenters. The summed E-state index contributed by atoms with van der Waals surface area (Å²) in [7, 11) is 0. The lowest BCUT2D eigenvalue weighted by molar-refractivity contribution is 0.0944. The number of pyridine rings is 1. The number of carbonyl (C=O) groups excluding carboxylic acids is 1. The molecular formula is C15H12BrFN4OS. The predicted octanol–water partition coefficient (Wildman–Crippen LogP) is 3.55. The van der Waals surface area contributed by atoms with Crippen LogP contribution in [0.15, 0.2) is 47.2 Å². The monoisotopic (exact) mass is 394 g/mol. The van der Waals surface area contributed by atoms with E-state index < -0.39 is 5.91 Å². The van der Waals surface area contributed by atoms with Crippen molar-refractivity contribution in [1.29, 1.82) is 0 Å². The van der Waals surface area contributed by atoms with Gasteiger partial charge in [0.1, 0.15) is 0 Å². The fraction of sp³-hybridized carbons (Fsp3) is 0.133. The summed E-state index contributed by atoms with van der Waals surface area (Å²) in [5.74, 6) is -0.364. The molecule has 2 aromatic heterocycles. The molecule has 3 rings (SSSR count). The van der Waals surface area contributed by atoms with Gasteiger partial charge in [-0.15, -0.1) is 3.89 Å². The van der Waals surface area contributed by atoms with Crippen LogP contribution in [-0.2, 0) is 6.42 Å². The number of fused-ring (bicyclic) bond motifs is 1. The zero-order chi connectivity index (χ0) is 16.2. The van der Waals surface area contributed by atoms with Gasteiger partial charge in [-0.2, -0.15) is 0 Å². The first-order valence-corrected chi connectivity index (χ1v) is 8.30. The van der Waals surface area contributed by atoms with Crippen molar-refractivity contribution >= 4 is 45.2 Å². The number of halogens is 2. The van der Waals surface area contributed by atoms with Crippen LogP contribution in [-0.4, -0.2) is 26.4 Å². The van der Waals surface area contributed by atoms with E-state index in [1.54, 1.807) is 30.6 Å². The van der Waals surface area contributed by atoms with E-state index in [-0.39, 0.29) is 18.2 Å². The van der Waals surface area contributed by atoms with Crippen molar-refractivity contribution in [3.05, 3.63) is 58.6 Å². The molecule has 1 N–H and O–H groups in total. The summed E-state index contributed by atoms with van der Waals surface area (Å²) in [6, 6.07) is 9.01. The Labute approximate surface area is 144 Å². The van der Waals surface area contributed by atoms with Gasteiger partial charge in [0.2, 0.25) is 5.82 Å². The third kappa shape index (κ3) is 3.53. The lowest BCUT2D eigenvalue weighted by atomic mass is 10.2. The number of aromatic nitrogens is 3. The molecule has 0 bridgehead atoms. The van der Waals surface area contributed by atoms with Gasteiger partial charge in [0.05, 0.1) is 11.0 Å². The normalized spacial score (nSPS) is 10.9. The molecule has 2 heterocycles. The Balaban J connectivity index is 1.75. The van der Waals surface area contributed by atoms with E-state index >= 15 is 0 Å². The first-order valence-electron chi connectivity index (χ1n) is 6.83. The Morgan fingerprint density at radius 2 is 2.09 bits per heavy atom. The lowest BCUT2D eigenvalue weighted by Crippen LogP contribution is -2.27. The number of rotatable bonds is 5. The second-order valence-corrected chi connectivity index (χ2v) is 6.21. The highest BCUT2D eigenvalue weighted by Gasteiger charge is 2.18. The van der Waals surface area contributed by atoms with Crippen molar-refractivity contribution < 1.29 is 8.68 Å². The molecule has 0 aliphatic rings. The Bertz CT molecular complexity index is 840. The van der Waals surface area contributed by atoms with Gasteiger partial charge in [-0.25, -0.2) is 8.96 Å². The molecule has 0 spiro atoms. The van der Waals surface area contributed by atoms with Gasteiger partial charge in [-0.1, -0.05) is 15.9 Å². The van der Waals surface area contributed by atoms with Crippen molar-refractivity contribution in [1.82, 2.24) is 19.3 Å². The van der Waals surface area contributed by atoms with Crippen LogP contribution < -0.4 is 5.32 Å². The SMILES string of the molecule is O=C(NCCc1ccncc1)c1nc2cc(Br)ccc2n1SF. The van der Waals surface area contributed by atoms with Gasteiger partial charge >= 0.3 is 0 Å². The second-order valence-electron chi connectivity index (χ2n) is 4.79. The van der Waals surface area contributed by atoms with Gasteiger partial charge in [0.15, 0.2) is 12.3 Å². The molecule has 0 radical (unpaired) electrons. The lowest BCUT2D eigenvalue weighted by Gasteiger charge is -2.05. The van der Waals surface area contributed by atoms with E-state index in [9.17, 15) is 8.68 Å². The quantitative estimate of drug-likeness (QED) is 0.718. The molecule has 0 saturated carbocycles. The third-order valence-corrected chi connectivity index (χ3v) is 4.30. The minimum atomic E-state index is -0.406. The van der Waals surface area contributed by atoms with Crippen molar-refractivity contribution in [2.45, 2.75) is 6.42 Å². The van der Waals surface area contributed by atoms with Gasteiger partial charge in [0, 0.05) is 23.4 Å². The zero-order valence-corrected chi connectivity index (χ0v) is 14.3. The molecule has 0 fully saturated rings. The first-order chi connectivity index (χ1) is 11.2. The summed E-state index contributed by atoms with van der Waals surface area (Å²) < 4.78 is 15.2. The van der Waals surface area contributed by atoms with Crippen LogP contribution in [0.3, 0.4) is 0 Å². The van der Waals surface area contributed by atoms with Crippen LogP contribution in [0, 0.1) is 0 Å². The van der Waals surface area contributed by atoms with Gasteiger partial charge in [0.25, 0.3) is 5.91 Å². The first kappa shape index (κ1) is 15.9. The van der Waals surface area contributed by atoms with E-state index in [0.717, 1.165) is 10.0 Å². The molecule has 23 heavy (non-hydrogen) atoms. The molecule has 1 amide bonds. The molecule has 8 heteroatoms. The number of hydrogen-bond acceptors (Lipinski definition) is 4. The summed E-state index contributed by atoms with van der Waals surface area (Å²) in [6.07, 6.45) is 4.07. The van der Waals surface area contributed by atoms with E-state index in [4.69, 9.17) is 0 Å². The predicted molar refractivity (Wildman–Crippen MR) is 91.8 cm³/mol. The van der Waals surface area contributed by atoms with Crippen LogP contribution in [0.5, 0.6) is 0 Å². The second kappa shape index (κ2) is 7.10. The minimum absolute atomic E-state index is 0.0346. The highest BCUT2D eigenvalue weighted by molar-refractivity contribution is 9.10. The summed E-state index contributed by atoms with van der Waals surface area (Å²) in [6.45, 7) is 0.437. The average molecular weight is 395 g/mol. The molecule has 0 aliphatic carbocycles. The molecular weight excluding hydrogens is 383 g/mol. The zero-order valence-electron chi connectivity index (χ0n) is 11.9. The van der Waals surface area contributed by atoms with Gasteiger partial charge in [-0.05, 0) is 42.3 Å². The standard InChI is InChI=1S/C15H12BrFN4OS/c16-11-1-2-13-12(9-11)20-14(21(13)23-17)15(22)19-8-5-10-3-6-18-7-4-10/h1-4,6-7,9H,5,8H2,(H,19,22). The maximum Gasteiger partial charge on any atom is 0.288 e. The number of benzene rings is 1. The molecule has 5 nitrogen and oxygen atoms in total. The van der Waals surface area contributed by atoms with E-state index in [1.165, 1.54) is 3.97 Å². The number of amides is 1. The Hall–Kier alpha value is -1.93. The van der Waals surface area contributed by atoms with E-state index in [0.29, 0.717) is 24.0 Å². The van der Waals surface area contributed by atoms with Crippen molar-refractivity contribution in [3.8, 4) is 0 Å². The summed E-state index contributed by atoms with van der Waals surface area (Å²) >= 11 is 3.30. The average Bonchev–Trinajstić information content (AvgIpc) is 2.93. The molecule has 1 aromatic carbocycles. The van der Waals surface area contributed by atoms with Crippen molar-refractivity contribution in [2.24, 2.45) is 0 Å². The molecule has 3 aromatic rings. The Kier molecular flexibility index (Phi) is 4.92. The van der Waals surface area contributed by atoms with Gasteiger partial charge in [-0.3, -0.25) is 9.78 Å². The fourth-order valence-corrected chi connectivity index (χ4v) is 2.96. The van der Waals surface area contributed by atoms with Crippen molar-refractivity contribution in [2.75, 3.05) is 6.54 Å². The topological polar surface area (TPSA) is 59.8 Å². The van der Waals surface area contributed by atoms with E-state index in [2.05, 4.69) is 31.2 Å². The van der Waals surface area contributed by atoms with E-state index in [1.807, 2.05) is 12.1 Å². The largest absolute Gasteiger partial charge is 0.349 e. The molecule has 0 aliphatic heterocycles. The van der Waals surface area contributed by atoms with Gasteiger partial charge < -0.3 is 5.32 Å². The van der Waals surface area contributed by atoms with Crippen LogP contribution in [0.2, 0.25) is 0 Å². The van der Waals surface area contributed by atoms with Crippen LogP contribution in [0.4, 0.5) is 3.89 Å². The van der Waals surface area contributed by atoms with Crippen LogP contribution >= 0.6 is 28.3 Å². The molecule has 0 atom stereocenters. The molecule has 0 saturated heterocycles. The number of nitrogens with zero attached hydrogens (tertiary/aromatic N) is 3. The fourth-order valence-electron chi connectivity index (χ4n) is 2.19. The number of imidazole rings is 1. The highest BCUT2D eigenvalue weighted by atomic mass is 79.9. The van der Waals surface area contributed by atoms with Crippen LogP contribution in [0.1, 0.15) is 16.2 Å². The maximum absolute atomic E-state index is 13.2. The Morgan fingerprint density at radius 3 is 2.83 bits per heavy atom. The summed E-state index contributed by atoms with van der Waals surface area (Å²) in [5.41, 5.74) is 2.18. The summed E-state index contributed by atoms with van der Waals surface area (Å²) in [4.78, 5) is 20.4. The maximum atomic E-state index is 13.2. The highest BCUT2D eigenvalue weighted by Crippen LogP contribution is 2.25. The van der Waals surface area contributed by atoms with Crippen molar-refractivity contribution in [3.63, 3.8) is 0 Å². The Morgan fingerprint density at radius 1 is 1.30 bits per heavy atom. The number of hydrogen-bond donors (Lipinski definition) is 1. The minimum Gasteiger partial charge on any atom is -0.349 e. The van der Waals surface area contributed by atoms with Crippen LogP contribution in [0.25, 0.3) is 11.0 Å².